The summed E-state index contributed by atoms with van der Waals surface area (Å²) in [6, 6.07) is 5.38. The van der Waals surface area contributed by atoms with Crippen LogP contribution in [0.15, 0.2) is 35.9 Å². The van der Waals surface area contributed by atoms with E-state index in [0.29, 0.717) is 18.4 Å². The van der Waals surface area contributed by atoms with E-state index in [9.17, 15) is 13.2 Å². The van der Waals surface area contributed by atoms with Crippen molar-refractivity contribution in [1.82, 2.24) is 5.32 Å². The van der Waals surface area contributed by atoms with Crippen molar-refractivity contribution >= 4 is 0 Å². The molecule has 1 aromatic rings. The van der Waals surface area contributed by atoms with Crippen molar-refractivity contribution in [3.8, 4) is 0 Å². The van der Waals surface area contributed by atoms with Gasteiger partial charge in [0.05, 0.1) is 5.56 Å². The first-order chi connectivity index (χ1) is 9.84. The van der Waals surface area contributed by atoms with Gasteiger partial charge < -0.3 is 5.32 Å². The number of benzene rings is 1. The highest BCUT2D eigenvalue weighted by Crippen LogP contribution is 2.29. The molecule has 0 spiro atoms. The van der Waals surface area contributed by atoms with Crippen molar-refractivity contribution in [2.24, 2.45) is 11.8 Å². The Bertz CT molecular complexity index is 488. The van der Waals surface area contributed by atoms with E-state index >= 15 is 0 Å². The second kappa shape index (κ2) is 6.65. The standard InChI is InChI=1S/C17H22F3N/c1-12-7-13(2)9-15(8-12)11-21-10-14-3-5-16(6-4-14)17(18,19)20/h3-7,12,15,21H,8-11H2,1-2H3. The molecule has 4 heteroatoms. The van der Waals surface area contributed by atoms with Gasteiger partial charge in [0.15, 0.2) is 0 Å². The van der Waals surface area contributed by atoms with Gasteiger partial charge >= 0.3 is 6.18 Å². The fourth-order valence-electron chi connectivity index (χ4n) is 3.07. The molecule has 0 bridgehead atoms. The summed E-state index contributed by atoms with van der Waals surface area (Å²) in [5, 5.41) is 3.36. The van der Waals surface area contributed by atoms with Gasteiger partial charge in [-0.15, -0.1) is 0 Å². The summed E-state index contributed by atoms with van der Waals surface area (Å²) in [6.07, 6.45) is 0.363. The van der Waals surface area contributed by atoms with Crippen molar-refractivity contribution in [1.29, 1.82) is 0 Å². The first kappa shape index (κ1) is 16.1. The molecule has 1 aliphatic rings. The van der Waals surface area contributed by atoms with E-state index in [1.807, 2.05) is 0 Å². The summed E-state index contributed by atoms with van der Waals surface area (Å²) < 4.78 is 37.4. The molecule has 21 heavy (non-hydrogen) atoms. The minimum atomic E-state index is -4.26. The highest BCUT2D eigenvalue weighted by molar-refractivity contribution is 5.24. The van der Waals surface area contributed by atoms with Gasteiger partial charge in [0.2, 0.25) is 0 Å². The highest BCUT2D eigenvalue weighted by Gasteiger charge is 2.29. The normalized spacial score (nSPS) is 23.0. The number of hydrogen-bond acceptors (Lipinski definition) is 1. The zero-order chi connectivity index (χ0) is 15.5. The molecule has 0 amide bonds. The lowest BCUT2D eigenvalue weighted by Crippen LogP contribution is -2.25. The first-order valence-corrected chi connectivity index (χ1v) is 7.38. The van der Waals surface area contributed by atoms with E-state index in [1.54, 1.807) is 12.1 Å². The summed E-state index contributed by atoms with van der Waals surface area (Å²) in [6.45, 7) is 5.92. The van der Waals surface area contributed by atoms with Crippen LogP contribution in [-0.4, -0.2) is 6.54 Å². The molecule has 1 aromatic carbocycles. The molecule has 1 aliphatic carbocycles. The van der Waals surface area contributed by atoms with Crippen LogP contribution in [-0.2, 0) is 12.7 Å². The van der Waals surface area contributed by atoms with Crippen molar-refractivity contribution in [3.05, 3.63) is 47.0 Å². The highest BCUT2D eigenvalue weighted by atomic mass is 19.4. The van der Waals surface area contributed by atoms with Gasteiger partial charge in [-0.2, -0.15) is 13.2 Å². The van der Waals surface area contributed by atoms with Gasteiger partial charge in [0, 0.05) is 6.54 Å². The molecule has 1 nitrogen and oxygen atoms in total. The molecule has 0 aromatic heterocycles. The third-order valence-corrected chi connectivity index (χ3v) is 3.93. The minimum Gasteiger partial charge on any atom is -0.312 e. The SMILES string of the molecule is CC1=CC(C)CC(CNCc2ccc(C(F)(F)F)cc2)C1. The maximum Gasteiger partial charge on any atom is 0.416 e. The van der Waals surface area contributed by atoms with Crippen LogP contribution in [0.5, 0.6) is 0 Å². The molecule has 0 radical (unpaired) electrons. The van der Waals surface area contributed by atoms with E-state index in [1.165, 1.54) is 12.0 Å². The summed E-state index contributed by atoms with van der Waals surface area (Å²) in [5.41, 5.74) is 1.74. The number of rotatable bonds is 4. The van der Waals surface area contributed by atoms with Crippen LogP contribution >= 0.6 is 0 Å². The molecule has 0 aliphatic heterocycles. The van der Waals surface area contributed by atoms with Crippen molar-refractivity contribution in [2.75, 3.05) is 6.54 Å². The number of halogens is 3. The molecule has 0 saturated heterocycles. The molecule has 2 unspecified atom stereocenters. The third kappa shape index (κ3) is 4.88. The Kier molecular flexibility index (Phi) is 5.09. The monoisotopic (exact) mass is 297 g/mol. The quantitative estimate of drug-likeness (QED) is 0.788. The lowest BCUT2D eigenvalue weighted by atomic mass is 9.84. The van der Waals surface area contributed by atoms with Gasteiger partial charge in [0.25, 0.3) is 0 Å². The summed E-state index contributed by atoms with van der Waals surface area (Å²) >= 11 is 0. The molecular formula is C17H22F3N. The summed E-state index contributed by atoms with van der Waals surface area (Å²) in [4.78, 5) is 0. The molecule has 2 atom stereocenters. The smallest absolute Gasteiger partial charge is 0.312 e. The molecule has 0 heterocycles. The first-order valence-electron chi connectivity index (χ1n) is 7.38. The fourth-order valence-corrected chi connectivity index (χ4v) is 3.07. The Hall–Kier alpha value is -1.29. The van der Waals surface area contributed by atoms with E-state index in [0.717, 1.165) is 30.7 Å². The second-order valence-electron chi connectivity index (χ2n) is 6.12. The summed E-state index contributed by atoms with van der Waals surface area (Å²) in [5.74, 6) is 1.25. The Balaban J connectivity index is 1.80. The molecular weight excluding hydrogens is 275 g/mol. The average molecular weight is 297 g/mol. The predicted molar refractivity (Wildman–Crippen MR) is 78.8 cm³/mol. The molecule has 116 valence electrons. The van der Waals surface area contributed by atoms with Crippen molar-refractivity contribution in [3.63, 3.8) is 0 Å². The molecule has 0 saturated carbocycles. The number of nitrogens with one attached hydrogen (secondary N) is 1. The largest absolute Gasteiger partial charge is 0.416 e. The lowest BCUT2D eigenvalue weighted by Gasteiger charge is -2.25. The van der Waals surface area contributed by atoms with Crippen LogP contribution in [0.2, 0.25) is 0 Å². The van der Waals surface area contributed by atoms with E-state index in [-0.39, 0.29) is 0 Å². The molecule has 0 fully saturated rings. The second-order valence-corrected chi connectivity index (χ2v) is 6.12. The summed E-state index contributed by atoms with van der Waals surface area (Å²) in [7, 11) is 0. The maximum absolute atomic E-state index is 12.5. The van der Waals surface area contributed by atoms with Gasteiger partial charge in [0.1, 0.15) is 0 Å². The van der Waals surface area contributed by atoms with Crippen LogP contribution < -0.4 is 5.32 Å². The van der Waals surface area contributed by atoms with Crippen LogP contribution in [0.4, 0.5) is 13.2 Å². The third-order valence-electron chi connectivity index (χ3n) is 3.93. The Morgan fingerprint density at radius 3 is 2.43 bits per heavy atom. The Labute approximate surface area is 124 Å². The molecule has 2 rings (SSSR count). The average Bonchev–Trinajstić information content (AvgIpc) is 2.37. The fraction of sp³-hybridized carbons (Fsp3) is 0.529. The number of alkyl halides is 3. The van der Waals surface area contributed by atoms with Crippen LogP contribution in [0, 0.1) is 11.8 Å². The van der Waals surface area contributed by atoms with Crippen molar-refractivity contribution in [2.45, 2.75) is 39.4 Å². The van der Waals surface area contributed by atoms with Gasteiger partial charge in [-0.25, -0.2) is 0 Å². The minimum absolute atomic E-state index is 0.590. The van der Waals surface area contributed by atoms with E-state index < -0.39 is 11.7 Å². The van der Waals surface area contributed by atoms with Gasteiger partial charge in [-0.05, 0) is 55.8 Å². The van der Waals surface area contributed by atoms with Gasteiger partial charge in [-0.3, -0.25) is 0 Å². The van der Waals surface area contributed by atoms with Crippen LogP contribution in [0.1, 0.15) is 37.8 Å². The lowest BCUT2D eigenvalue weighted by molar-refractivity contribution is -0.137. The number of hydrogen-bond donors (Lipinski definition) is 1. The maximum atomic E-state index is 12.5. The zero-order valence-corrected chi connectivity index (χ0v) is 12.5. The van der Waals surface area contributed by atoms with Crippen LogP contribution in [0.25, 0.3) is 0 Å². The van der Waals surface area contributed by atoms with Crippen LogP contribution in [0.3, 0.4) is 0 Å². The predicted octanol–water partition coefficient (Wildman–Crippen LogP) is 4.79. The topological polar surface area (TPSA) is 12.0 Å². The van der Waals surface area contributed by atoms with E-state index in [2.05, 4.69) is 25.2 Å². The zero-order valence-electron chi connectivity index (χ0n) is 12.5. The van der Waals surface area contributed by atoms with E-state index in [4.69, 9.17) is 0 Å². The Morgan fingerprint density at radius 2 is 1.86 bits per heavy atom. The number of allylic oxidation sites excluding steroid dienone is 2. The molecule has 1 N–H and O–H groups in total. The van der Waals surface area contributed by atoms with Gasteiger partial charge in [-0.1, -0.05) is 30.7 Å². The Morgan fingerprint density at radius 1 is 1.19 bits per heavy atom. The van der Waals surface area contributed by atoms with Crippen molar-refractivity contribution < 1.29 is 13.2 Å².